The van der Waals surface area contributed by atoms with Gasteiger partial charge in [0.15, 0.2) is 5.41 Å². The van der Waals surface area contributed by atoms with Gasteiger partial charge in [-0.3, -0.25) is 4.79 Å². The molecule has 0 aliphatic carbocycles. The van der Waals surface area contributed by atoms with Crippen LogP contribution < -0.4 is 0 Å². The summed E-state index contributed by atoms with van der Waals surface area (Å²) in [5.41, 5.74) is -1.65. The average molecular weight is 309 g/mol. The molecule has 0 amide bonds. The highest BCUT2D eigenvalue weighted by Gasteiger charge is 2.40. The number of rotatable bonds is 11. The van der Waals surface area contributed by atoms with Crippen LogP contribution >= 0.6 is 21.6 Å². The molecular weight excluding hydrogens is 290 g/mol. The predicted octanol–water partition coefficient (Wildman–Crippen LogP) is 0.790. The van der Waals surface area contributed by atoms with Gasteiger partial charge in [-0.2, -0.15) is 5.26 Å². The molecule has 0 saturated carbocycles. The quantitative estimate of drug-likeness (QED) is 0.250. The Labute approximate surface area is 120 Å². The SMILES string of the molecule is CCOC(=O)C(C#N)(CO)COCSSCCCO. The van der Waals surface area contributed by atoms with E-state index >= 15 is 0 Å². The van der Waals surface area contributed by atoms with E-state index in [4.69, 9.17) is 19.8 Å². The Morgan fingerprint density at radius 1 is 1.42 bits per heavy atom. The summed E-state index contributed by atoms with van der Waals surface area (Å²) >= 11 is 0. The zero-order valence-corrected chi connectivity index (χ0v) is 12.5. The number of nitriles is 1. The van der Waals surface area contributed by atoms with E-state index in [1.165, 1.54) is 21.6 Å². The molecule has 19 heavy (non-hydrogen) atoms. The van der Waals surface area contributed by atoms with E-state index in [9.17, 15) is 9.90 Å². The van der Waals surface area contributed by atoms with Crippen molar-refractivity contribution in [2.75, 3.05) is 38.1 Å². The van der Waals surface area contributed by atoms with Crippen molar-refractivity contribution in [2.24, 2.45) is 5.41 Å². The maximum Gasteiger partial charge on any atom is 0.331 e. The van der Waals surface area contributed by atoms with Crippen LogP contribution in [-0.2, 0) is 14.3 Å². The fraction of sp³-hybridized carbons (Fsp3) is 0.818. The van der Waals surface area contributed by atoms with Gasteiger partial charge in [0.25, 0.3) is 0 Å². The van der Waals surface area contributed by atoms with Gasteiger partial charge in [0.05, 0.1) is 25.9 Å². The Bertz CT molecular complexity index is 297. The third-order valence-electron chi connectivity index (χ3n) is 2.10. The Morgan fingerprint density at radius 3 is 2.68 bits per heavy atom. The first kappa shape index (κ1) is 18.5. The van der Waals surface area contributed by atoms with E-state index in [1.807, 2.05) is 0 Å². The lowest BCUT2D eigenvalue weighted by atomic mass is 9.92. The standard InChI is InChI=1S/C11H19NO5S2/c1-2-17-10(15)11(6-12,7-14)8-16-9-19-18-5-3-4-13/h13-14H,2-5,7-9H2,1H3. The number of aliphatic hydroxyl groups is 2. The molecule has 0 fully saturated rings. The first-order chi connectivity index (χ1) is 9.16. The predicted molar refractivity (Wildman–Crippen MR) is 74.3 cm³/mol. The summed E-state index contributed by atoms with van der Waals surface area (Å²) in [5, 5.41) is 26.8. The van der Waals surface area contributed by atoms with Crippen LogP contribution in [0.1, 0.15) is 13.3 Å². The summed E-state index contributed by atoms with van der Waals surface area (Å²) in [5.74, 6) is 0.322. The molecular formula is C11H19NO5S2. The van der Waals surface area contributed by atoms with E-state index < -0.39 is 18.0 Å². The molecule has 1 atom stereocenters. The first-order valence-corrected chi connectivity index (χ1v) is 8.28. The molecule has 6 nitrogen and oxygen atoms in total. The monoisotopic (exact) mass is 309 g/mol. The molecule has 0 bridgehead atoms. The summed E-state index contributed by atoms with van der Waals surface area (Å²) in [4.78, 5) is 11.6. The first-order valence-electron chi connectivity index (χ1n) is 5.79. The van der Waals surface area contributed by atoms with Crippen molar-refractivity contribution in [3.63, 3.8) is 0 Å². The van der Waals surface area contributed by atoms with Gasteiger partial charge >= 0.3 is 5.97 Å². The van der Waals surface area contributed by atoms with Gasteiger partial charge < -0.3 is 19.7 Å². The van der Waals surface area contributed by atoms with Gasteiger partial charge in [-0.15, -0.1) is 0 Å². The number of carbonyl (C=O) groups is 1. The van der Waals surface area contributed by atoms with Crippen molar-refractivity contribution >= 4 is 27.6 Å². The normalized spacial score (nSPS) is 13.6. The van der Waals surface area contributed by atoms with Crippen molar-refractivity contribution in [3.8, 4) is 6.07 Å². The van der Waals surface area contributed by atoms with Crippen LogP contribution in [0.3, 0.4) is 0 Å². The van der Waals surface area contributed by atoms with Crippen LogP contribution in [0.15, 0.2) is 0 Å². The Morgan fingerprint density at radius 2 is 2.16 bits per heavy atom. The Balaban J connectivity index is 4.02. The van der Waals surface area contributed by atoms with E-state index in [0.29, 0.717) is 12.4 Å². The van der Waals surface area contributed by atoms with Crippen LogP contribution in [-0.4, -0.2) is 54.3 Å². The highest BCUT2D eigenvalue weighted by atomic mass is 33.1. The second-order valence-electron chi connectivity index (χ2n) is 3.56. The van der Waals surface area contributed by atoms with Gasteiger partial charge in [-0.1, -0.05) is 21.6 Å². The largest absolute Gasteiger partial charge is 0.465 e. The molecule has 0 aliphatic heterocycles. The number of nitrogens with zero attached hydrogens (tertiary/aromatic N) is 1. The molecule has 0 heterocycles. The second-order valence-corrected chi connectivity index (χ2v) is 6.09. The van der Waals surface area contributed by atoms with Gasteiger partial charge in [0.2, 0.25) is 0 Å². The maximum absolute atomic E-state index is 11.6. The van der Waals surface area contributed by atoms with E-state index in [0.717, 1.165) is 5.75 Å². The third kappa shape index (κ3) is 7.03. The van der Waals surface area contributed by atoms with Gasteiger partial charge in [-0.25, -0.2) is 0 Å². The molecule has 0 spiro atoms. The summed E-state index contributed by atoms with van der Waals surface area (Å²) < 4.78 is 9.98. The molecule has 0 radical (unpaired) electrons. The van der Waals surface area contributed by atoms with Crippen LogP contribution in [0.4, 0.5) is 0 Å². The van der Waals surface area contributed by atoms with Crippen LogP contribution in [0.2, 0.25) is 0 Å². The lowest BCUT2D eigenvalue weighted by molar-refractivity contribution is -0.157. The van der Waals surface area contributed by atoms with Crippen LogP contribution in [0.25, 0.3) is 0 Å². The Hall–Kier alpha value is -0.460. The maximum atomic E-state index is 11.6. The fourth-order valence-electron chi connectivity index (χ4n) is 1.02. The highest BCUT2D eigenvalue weighted by molar-refractivity contribution is 8.76. The number of hydrogen-bond donors (Lipinski definition) is 2. The molecule has 0 aromatic heterocycles. The molecule has 0 aliphatic rings. The molecule has 0 aromatic rings. The van der Waals surface area contributed by atoms with Gasteiger partial charge in [0, 0.05) is 12.4 Å². The minimum Gasteiger partial charge on any atom is -0.465 e. The molecule has 0 aromatic carbocycles. The number of ether oxygens (including phenoxy) is 2. The van der Waals surface area contributed by atoms with E-state index in [-0.39, 0.29) is 19.8 Å². The van der Waals surface area contributed by atoms with Gasteiger partial charge in [-0.05, 0) is 13.3 Å². The number of aliphatic hydroxyl groups excluding tert-OH is 2. The number of hydrogen-bond acceptors (Lipinski definition) is 8. The van der Waals surface area contributed by atoms with Crippen molar-refractivity contribution < 1.29 is 24.5 Å². The minimum atomic E-state index is -1.65. The van der Waals surface area contributed by atoms with E-state index in [1.54, 1.807) is 13.0 Å². The van der Waals surface area contributed by atoms with Crippen molar-refractivity contribution in [1.82, 2.24) is 0 Å². The zero-order chi connectivity index (χ0) is 14.6. The summed E-state index contributed by atoms with van der Waals surface area (Å²) in [7, 11) is 2.95. The zero-order valence-electron chi connectivity index (χ0n) is 10.8. The fourth-order valence-corrected chi connectivity index (χ4v) is 2.72. The average Bonchev–Trinajstić information content (AvgIpc) is 2.43. The summed E-state index contributed by atoms with van der Waals surface area (Å²) in [6.45, 7) is 1.09. The third-order valence-corrected chi connectivity index (χ3v) is 4.27. The molecule has 8 heteroatoms. The number of carbonyl (C=O) groups excluding carboxylic acids is 1. The van der Waals surface area contributed by atoms with Crippen LogP contribution in [0.5, 0.6) is 0 Å². The minimum absolute atomic E-state index is 0.147. The van der Waals surface area contributed by atoms with Gasteiger partial charge in [0.1, 0.15) is 5.94 Å². The Kier molecular flexibility index (Phi) is 11.1. The van der Waals surface area contributed by atoms with Crippen LogP contribution in [0, 0.1) is 16.7 Å². The lowest BCUT2D eigenvalue weighted by Gasteiger charge is -2.21. The molecule has 2 N–H and O–H groups in total. The molecule has 1 unspecified atom stereocenters. The topological polar surface area (TPSA) is 99.8 Å². The van der Waals surface area contributed by atoms with Crippen molar-refractivity contribution in [1.29, 1.82) is 5.26 Å². The molecule has 0 saturated heterocycles. The molecule has 0 rings (SSSR count). The second kappa shape index (κ2) is 11.4. The molecule has 110 valence electrons. The van der Waals surface area contributed by atoms with E-state index in [2.05, 4.69) is 0 Å². The van der Waals surface area contributed by atoms with Crippen molar-refractivity contribution in [2.45, 2.75) is 13.3 Å². The number of esters is 1. The summed E-state index contributed by atoms with van der Waals surface area (Å²) in [6.07, 6.45) is 0.708. The lowest BCUT2D eigenvalue weighted by Crippen LogP contribution is -2.39. The summed E-state index contributed by atoms with van der Waals surface area (Å²) in [6, 6.07) is 1.76. The van der Waals surface area contributed by atoms with Crippen molar-refractivity contribution in [3.05, 3.63) is 0 Å². The highest BCUT2D eigenvalue weighted by Crippen LogP contribution is 2.24. The smallest absolute Gasteiger partial charge is 0.331 e.